The fraction of sp³-hybridized carbons (Fsp3) is 1.00. The molecule has 2 aliphatic rings. The average molecular weight is 224 g/mol. The third-order valence-electron chi connectivity index (χ3n) is 4.58. The highest BCUT2D eigenvalue weighted by Gasteiger charge is 2.29. The Kier molecular flexibility index (Phi) is 4.26. The molecular formula is C14H28N2. The molecule has 0 aromatic carbocycles. The van der Waals surface area contributed by atoms with Gasteiger partial charge in [-0.2, -0.15) is 0 Å². The van der Waals surface area contributed by atoms with E-state index in [4.69, 9.17) is 0 Å². The molecule has 2 rings (SSSR count). The Bertz CT molecular complexity index is 213. The number of nitrogens with one attached hydrogen (secondary N) is 1. The minimum atomic E-state index is 0.723. The van der Waals surface area contributed by atoms with Crippen molar-refractivity contribution in [2.75, 3.05) is 19.6 Å². The summed E-state index contributed by atoms with van der Waals surface area (Å²) in [6, 6.07) is 1.46. The highest BCUT2D eigenvalue weighted by molar-refractivity contribution is 4.87. The van der Waals surface area contributed by atoms with Gasteiger partial charge >= 0.3 is 0 Å². The molecule has 16 heavy (non-hydrogen) atoms. The summed E-state index contributed by atoms with van der Waals surface area (Å²) < 4.78 is 0. The highest BCUT2D eigenvalue weighted by atomic mass is 15.2. The number of nitrogens with zero attached hydrogens (tertiary/aromatic N) is 1. The van der Waals surface area contributed by atoms with Gasteiger partial charge in [0.15, 0.2) is 0 Å². The second kappa shape index (κ2) is 5.50. The summed E-state index contributed by atoms with van der Waals surface area (Å²) in [4.78, 5) is 2.71. The molecule has 0 radical (unpaired) electrons. The molecule has 1 heterocycles. The van der Waals surface area contributed by atoms with E-state index in [0.717, 1.165) is 23.9 Å². The van der Waals surface area contributed by atoms with Gasteiger partial charge in [-0.25, -0.2) is 0 Å². The van der Waals surface area contributed by atoms with Gasteiger partial charge in [-0.3, -0.25) is 4.90 Å². The minimum Gasteiger partial charge on any atom is -0.311 e. The van der Waals surface area contributed by atoms with Crippen LogP contribution in [-0.2, 0) is 0 Å². The van der Waals surface area contributed by atoms with E-state index in [1.807, 2.05) is 0 Å². The predicted octanol–water partition coefficient (Wildman–Crippen LogP) is 2.49. The standard InChI is InChI=1S/C14H28N2/c1-4-11(2)14-10-16(12(3)9-15-14)8-7-13-5-6-13/h11-15H,4-10H2,1-3H3. The largest absolute Gasteiger partial charge is 0.311 e. The first-order valence-corrected chi connectivity index (χ1v) is 7.18. The molecule has 0 aromatic rings. The van der Waals surface area contributed by atoms with Crippen LogP contribution < -0.4 is 5.32 Å². The Hall–Kier alpha value is -0.0800. The van der Waals surface area contributed by atoms with E-state index in [1.165, 1.54) is 45.3 Å². The zero-order chi connectivity index (χ0) is 11.5. The van der Waals surface area contributed by atoms with Crippen LogP contribution in [0.3, 0.4) is 0 Å². The van der Waals surface area contributed by atoms with Gasteiger partial charge in [-0.15, -0.1) is 0 Å². The monoisotopic (exact) mass is 224 g/mol. The maximum Gasteiger partial charge on any atom is 0.0221 e. The number of hydrogen-bond acceptors (Lipinski definition) is 2. The summed E-state index contributed by atoms with van der Waals surface area (Å²) in [5.74, 6) is 1.89. The van der Waals surface area contributed by atoms with Gasteiger partial charge in [0.1, 0.15) is 0 Å². The lowest BCUT2D eigenvalue weighted by molar-refractivity contribution is 0.116. The zero-order valence-corrected chi connectivity index (χ0v) is 11.2. The molecule has 3 unspecified atom stereocenters. The fourth-order valence-electron chi connectivity index (χ4n) is 2.68. The van der Waals surface area contributed by atoms with E-state index in [9.17, 15) is 0 Å². The Morgan fingerprint density at radius 2 is 2.12 bits per heavy atom. The van der Waals surface area contributed by atoms with E-state index in [0.29, 0.717) is 0 Å². The van der Waals surface area contributed by atoms with E-state index in [2.05, 4.69) is 31.0 Å². The summed E-state index contributed by atoms with van der Waals surface area (Å²) in [5, 5.41) is 3.71. The summed E-state index contributed by atoms with van der Waals surface area (Å²) in [7, 11) is 0. The smallest absolute Gasteiger partial charge is 0.0221 e. The second-order valence-electron chi connectivity index (χ2n) is 5.98. The summed E-state index contributed by atoms with van der Waals surface area (Å²) in [6.45, 7) is 10.8. The van der Waals surface area contributed by atoms with Crippen LogP contribution in [0.4, 0.5) is 0 Å². The first-order valence-electron chi connectivity index (χ1n) is 7.18. The molecule has 0 amide bonds. The van der Waals surface area contributed by atoms with Crippen molar-refractivity contribution in [1.82, 2.24) is 10.2 Å². The maximum absolute atomic E-state index is 3.71. The lowest BCUT2D eigenvalue weighted by Crippen LogP contribution is -2.57. The molecule has 1 N–H and O–H groups in total. The molecule has 94 valence electrons. The van der Waals surface area contributed by atoms with Gasteiger partial charge in [-0.05, 0) is 31.7 Å². The first kappa shape index (κ1) is 12.4. The predicted molar refractivity (Wildman–Crippen MR) is 69.6 cm³/mol. The van der Waals surface area contributed by atoms with Gasteiger partial charge in [0.25, 0.3) is 0 Å². The minimum absolute atomic E-state index is 0.723. The van der Waals surface area contributed by atoms with Crippen LogP contribution >= 0.6 is 0 Å². The molecule has 1 saturated heterocycles. The van der Waals surface area contributed by atoms with Gasteiger partial charge in [0.2, 0.25) is 0 Å². The van der Waals surface area contributed by atoms with Crippen molar-refractivity contribution >= 4 is 0 Å². The van der Waals surface area contributed by atoms with Crippen molar-refractivity contribution in [1.29, 1.82) is 0 Å². The third kappa shape index (κ3) is 3.21. The Morgan fingerprint density at radius 1 is 1.38 bits per heavy atom. The van der Waals surface area contributed by atoms with Crippen LogP contribution in [0, 0.1) is 11.8 Å². The highest BCUT2D eigenvalue weighted by Crippen LogP contribution is 2.32. The molecule has 1 saturated carbocycles. The van der Waals surface area contributed by atoms with Crippen LogP contribution in [0.2, 0.25) is 0 Å². The van der Waals surface area contributed by atoms with Crippen LogP contribution in [0.5, 0.6) is 0 Å². The second-order valence-corrected chi connectivity index (χ2v) is 5.98. The van der Waals surface area contributed by atoms with Crippen molar-refractivity contribution in [2.45, 2.75) is 58.5 Å². The molecule has 0 spiro atoms. The average Bonchev–Trinajstić information content (AvgIpc) is 3.11. The molecule has 2 heteroatoms. The van der Waals surface area contributed by atoms with Gasteiger partial charge in [0, 0.05) is 25.2 Å². The number of piperazine rings is 1. The van der Waals surface area contributed by atoms with Crippen molar-refractivity contribution < 1.29 is 0 Å². The quantitative estimate of drug-likeness (QED) is 0.772. The summed E-state index contributed by atoms with van der Waals surface area (Å²) in [6.07, 6.45) is 5.73. The molecule has 3 atom stereocenters. The molecular weight excluding hydrogens is 196 g/mol. The number of hydrogen-bond donors (Lipinski definition) is 1. The molecule has 2 fully saturated rings. The van der Waals surface area contributed by atoms with Crippen molar-refractivity contribution in [3.05, 3.63) is 0 Å². The lowest BCUT2D eigenvalue weighted by atomic mass is 9.95. The van der Waals surface area contributed by atoms with Gasteiger partial charge in [-0.1, -0.05) is 33.1 Å². The summed E-state index contributed by atoms with van der Waals surface area (Å²) >= 11 is 0. The zero-order valence-electron chi connectivity index (χ0n) is 11.2. The molecule has 1 aliphatic carbocycles. The molecule has 1 aliphatic heterocycles. The topological polar surface area (TPSA) is 15.3 Å². The fourth-order valence-corrected chi connectivity index (χ4v) is 2.68. The van der Waals surface area contributed by atoms with E-state index in [-0.39, 0.29) is 0 Å². The Balaban J connectivity index is 1.78. The number of rotatable bonds is 5. The lowest BCUT2D eigenvalue weighted by Gasteiger charge is -2.41. The maximum atomic E-state index is 3.71. The Morgan fingerprint density at radius 3 is 2.75 bits per heavy atom. The van der Waals surface area contributed by atoms with Gasteiger partial charge in [0.05, 0.1) is 0 Å². The van der Waals surface area contributed by atoms with Crippen molar-refractivity contribution in [3.8, 4) is 0 Å². The van der Waals surface area contributed by atoms with Crippen molar-refractivity contribution in [2.24, 2.45) is 11.8 Å². The summed E-state index contributed by atoms with van der Waals surface area (Å²) in [5.41, 5.74) is 0. The van der Waals surface area contributed by atoms with E-state index < -0.39 is 0 Å². The van der Waals surface area contributed by atoms with Crippen LogP contribution in [0.15, 0.2) is 0 Å². The third-order valence-corrected chi connectivity index (χ3v) is 4.58. The van der Waals surface area contributed by atoms with Crippen LogP contribution in [-0.4, -0.2) is 36.6 Å². The van der Waals surface area contributed by atoms with E-state index >= 15 is 0 Å². The Labute approximate surface area is 101 Å². The normalized spacial score (nSPS) is 33.9. The van der Waals surface area contributed by atoms with Crippen molar-refractivity contribution in [3.63, 3.8) is 0 Å². The first-order chi connectivity index (χ1) is 7.70. The van der Waals surface area contributed by atoms with Gasteiger partial charge < -0.3 is 5.32 Å². The molecule has 2 nitrogen and oxygen atoms in total. The SMILES string of the molecule is CCC(C)C1CN(CCC2CC2)C(C)CN1. The molecule has 0 bridgehead atoms. The molecule has 0 aromatic heterocycles. The van der Waals surface area contributed by atoms with Crippen LogP contribution in [0.1, 0.15) is 46.5 Å². The van der Waals surface area contributed by atoms with E-state index in [1.54, 1.807) is 0 Å². The van der Waals surface area contributed by atoms with Crippen LogP contribution in [0.25, 0.3) is 0 Å².